The van der Waals surface area contributed by atoms with Crippen molar-refractivity contribution in [2.24, 2.45) is 0 Å². The number of benzene rings is 1. The summed E-state index contributed by atoms with van der Waals surface area (Å²) < 4.78 is 0. The van der Waals surface area contributed by atoms with Crippen LogP contribution in [0.15, 0.2) is 53.2 Å². The minimum absolute atomic E-state index is 0.0474. The molecule has 1 aromatic rings. The monoisotopic (exact) mass is 307 g/mol. The Labute approximate surface area is 133 Å². The Balaban J connectivity index is 1.96. The van der Waals surface area contributed by atoms with Crippen LogP contribution in [0.25, 0.3) is 5.57 Å². The van der Waals surface area contributed by atoms with Crippen molar-refractivity contribution in [3.05, 3.63) is 75.4 Å². The van der Waals surface area contributed by atoms with E-state index >= 15 is 0 Å². The molecule has 0 saturated carbocycles. The van der Waals surface area contributed by atoms with Gasteiger partial charge in [-0.15, -0.1) is 11.6 Å². The quantitative estimate of drug-likeness (QED) is 0.731. The van der Waals surface area contributed by atoms with Gasteiger partial charge in [-0.3, -0.25) is 4.79 Å². The summed E-state index contributed by atoms with van der Waals surface area (Å²) in [6.45, 7) is 4.25. The predicted molar refractivity (Wildman–Crippen MR) is 87.6 cm³/mol. The summed E-state index contributed by atoms with van der Waals surface area (Å²) >= 11 is 6.39. The van der Waals surface area contributed by atoms with Crippen LogP contribution in [0.3, 0.4) is 0 Å². The average molecular weight is 308 g/mol. The first-order chi connectivity index (χ1) is 10.5. The van der Waals surface area contributed by atoms with Gasteiger partial charge in [-0.2, -0.15) is 0 Å². The largest absolute Gasteiger partial charge is 0.335 e. The Kier molecular flexibility index (Phi) is 2.06. The number of allylic oxidation sites excluding steroid dienone is 4. The normalized spacial score (nSPS) is 30.0. The number of rotatable bonds is 0. The molecular weight excluding hydrogens is 294 g/mol. The molecule has 2 nitrogen and oxygen atoms in total. The highest BCUT2D eigenvalue weighted by Gasteiger charge is 2.53. The van der Waals surface area contributed by atoms with E-state index in [9.17, 15) is 4.79 Å². The summed E-state index contributed by atoms with van der Waals surface area (Å²) in [5, 5.41) is 2.86. The summed E-state index contributed by atoms with van der Waals surface area (Å²) in [5.74, 6) is -0.0474. The standard InChI is InChI=1S/C19H14ClNO/c1-9-7-13-11-5-6-19(14(13)8-10(9)2)17-12(11)3-4-15(20)16(17)18(22)21-19/h3-8,15H,1-2H3,(H,21,22). The first-order valence-electron chi connectivity index (χ1n) is 7.48. The second kappa shape index (κ2) is 3.64. The topological polar surface area (TPSA) is 29.1 Å². The van der Waals surface area contributed by atoms with Crippen LogP contribution in [0.5, 0.6) is 0 Å². The Hall–Kier alpha value is -2.06. The van der Waals surface area contributed by atoms with Crippen LogP contribution in [0, 0.1) is 13.8 Å². The third kappa shape index (κ3) is 1.18. The van der Waals surface area contributed by atoms with Crippen molar-refractivity contribution >= 4 is 23.1 Å². The molecule has 1 amide bonds. The summed E-state index contributed by atoms with van der Waals surface area (Å²) in [5.41, 5.74) is 8.50. The molecule has 0 aromatic heterocycles. The van der Waals surface area contributed by atoms with Crippen LogP contribution in [-0.2, 0) is 10.3 Å². The summed E-state index contributed by atoms with van der Waals surface area (Å²) in [7, 11) is 0. The van der Waals surface area contributed by atoms with Gasteiger partial charge in [-0.05, 0) is 53.3 Å². The number of amides is 1. The van der Waals surface area contributed by atoms with Gasteiger partial charge >= 0.3 is 0 Å². The van der Waals surface area contributed by atoms with E-state index in [1.807, 2.05) is 6.08 Å². The lowest BCUT2D eigenvalue weighted by Crippen LogP contribution is -2.44. The van der Waals surface area contributed by atoms with Crippen molar-refractivity contribution in [2.45, 2.75) is 24.8 Å². The van der Waals surface area contributed by atoms with Crippen LogP contribution in [0.1, 0.15) is 22.3 Å². The van der Waals surface area contributed by atoms with Crippen LogP contribution < -0.4 is 5.32 Å². The van der Waals surface area contributed by atoms with Crippen molar-refractivity contribution in [2.75, 3.05) is 0 Å². The van der Waals surface area contributed by atoms with Crippen LogP contribution in [-0.4, -0.2) is 11.3 Å². The van der Waals surface area contributed by atoms with Gasteiger partial charge in [0.1, 0.15) is 5.54 Å². The lowest BCUT2D eigenvalue weighted by Gasteiger charge is -2.42. The van der Waals surface area contributed by atoms with Crippen molar-refractivity contribution < 1.29 is 4.79 Å². The molecule has 4 aliphatic carbocycles. The molecule has 1 aliphatic heterocycles. The lowest BCUT2D eigenvalue weighted by molar-refractivity contribution is -0.117. The number of hydrogen-bond acceptors (Lipinski definition) is 1. The summed E-state index contributed by atoms with van der Waals surface area (Å²) in [6.07, 6.45) is 8.24. The van der Waals surface area contributed by atoms with Gasteiger partial charge in [0.2, 0.25) is 0 Å². The Bertz CT molecular complexity index is 916. The lowest BCUT2D eigenvalue weighted by atomic mass is 9.64. The predicted octanol–water partition coefficient (Wildman–Crippen LogP) is 3.44. The maximum atomic E-state index is 12.6. The first kappa shape index (κ1) is 12.5. The summed E-state index contributed by atoms with van der Waals surface area (Å²) in [4.78, 5) is 12.6. The van der Waals surface area contributed by atoms with Gasteiger partial charge in [0.25, 0.3) is 5.91 Å². The van der Waals surface area contributed by atoms with Gasteiger partial charge in [0.15, 0.2) is 0 Å². The van der Waals surface area contributed by atoms with E-state index in [1.165, 1.54) is 27.8 Å². The molecule has 1 N–H and O–H groups in total. The molecule has 1 spiro atoms. The van der Waals surface area contributed by atoms with Gasteiger partial charge in [-0.25, -0.2) is 0 Å². The minimum Gasteiger partial charge on any atom is -0.335 e. The second-order valence-electron chi connectivity index (χ2n) is 6.45. The zero-order chi connectivity index (χ0) is 15.2. The number of carbonyl (C=O) groups excluding carboxylic acids is 1. The number of halogens is 1. The van der Waals surface area contributed by atoms with Gasteiger partial charge < -0.3 is 5.32 Å². The third-order valence-electron chi connectivity index (χ3n) is 5.34. The van der Waals surface area contributed by atoms with E-state index in [-0.39, 0.29) is 11.3 Å². The number of alkyl halides is 1. The zero-order valence-corrected chi connectivity index (χ0v) is 13.1. The Morgan fingerprint density at radius 2 is 1.91 bits per heavy atom. The van der Waals surface area contributed by atoms with E-state index in [1.54, 1.807) is 0 Å². The highest BCUT2D eigenvalue weighted by atomic mass is 35.5. The maximum absolute atomic E-state index is 12.6. The number of carbonyl (C=O) groups is 1. The van der Waals surface area contributed by atoms with Crippen LogP contribution in [0.2, 0.25) is 0 Å². The molecule has 1 aromatic carbocycles. The van der Waals surface area contributed by atoms with Gasteiger partial charge in [-0.1, -0.05) is 30.4 Å². The number of hydrogen-bond donors (Lipinski definition) is 1. The Morgan fingerprint density at radius 1 is 1.14 bits per heavy atom. The molecule has 5 aliphatic rings. The maximum Gasteiger partial charge on any atom is 0.250 e. The minimum atomic E-state index is -0.533. The first-order valence-corrected chi connectivity index (χ1v) is 7.92. The molecule has 3 heteroatoms. The van der Waals surface area contributed by atoms with Crippen LogP contribution in [0.4, 0.5) is 0 Å². The van der Waals surface area contributed by atoms with E-state index in [2.05, 4.69) is 49.5 Å². The van der Waals surface area contributed by atoms with Crippen molar-refractivity contribution in [1.82, 2.24) is 5.32 Å². The molecule has 2 unspecified atom stereocenters. The zero-order valence-electron chi connectivity index (χ0n) is 12.3. The molecule has 6 rings (SSSR count). The van der Waals surface area contributed by atoms with Gasteiger partial charge in [0.05, 0.1) is 5.38 Å². The van der Waals surface area contributed by atoms with Crippen LogP contribution >= 0.6 is 11.6 Å². The number of aryl methyl sites for hydroxylation is 2. The van der Waals surface area contributed by atoms with Crippen molar-refractivity contribution in [3.63, 3.8) is 0 Å². The Morgan fingerprint density at radius 3 is 2.73 bits per heavy atom. The summed E-state index contributed by atoms with van der Waals surface area (Å²) in [6, 6.07) is 4.45. The van der Waals surface area contributed by atoms with E-state index < -0.39 is 5.54 Å². The van der Waals surface area contributed by atoms with Crippen molar-refractivity contribution in [3.8, 4) is 0 Å². The molecule has 0 fully saturated rings. The van der Waals surface area contributed by atoms with E-state index in [0.717, 1.165) is 11.1 Å². The molecule has 22 heavy (non-hydrogen) atoms. The fourth-order valence-corrected chi connectivity index (χ4v) is 4.44. The van der Waals surface area contributed by atoms with Crippen molar-refractivity contribution in [1.29, 1.82) is 0 Å². The SMILES string of the molecule is Cc1cc2c(cc1C)C13C=CC2=C2C=CC(Cl)C(=C21)C(=O)N3. The fourth-order valence-electron chi connectivity index (χ4n) is 4.16. The molecular formula is C19H14ClNO. The highest BCUT2D eigenvalue weighted by molar-refractivity contribution is 6.28. The third-order valence-corrected chi connectivity index (χ3v) is 5.70. The molecule has 0 saturated heterocycles. The highest BCUT2D eigenvalue weighted by Crippen LogP contribution is 2.56. The fraction of sp³-hybridized carbons (Fsp3) is 0.211. The number of nitrogens with one attached hydrogen (secondary N) is 1. The molecule has 2 atom stereocenters. The molecule has 1 heterocycles. The van der Waals surface area contributed by atoms with E-state index in [4.69, 9.17) is 11.6 Å². The second-order valence-corrected chi connectivity index (χ2v) is 6.92. The smallest absolute Gasteiger partial charge is 0.250 e. The molecule has 2 bridgehead atoms. The molecule has 108 valence electrons. The molecule has 0 radical (unpaired) electrons. The van der Waals surface area contributed by atoms with E-state index in [0.29, 0.717) is 5.57 Å². The average Bonchev–Trinajstić information content (AvgIpc) is 2.79. The van der Waals surface area contributed by atoms with Gasteiger partial charge in [0, 0.05) is 11.1 Å².